The maximum Gasteiger partial charge on any atom is 0.261 e. The molecule has 0 aromatic heterocycles. The van der Waals surface area contributed by atoms with Gasteiger partial charge in [-0.2, -0.15) is 0 Å². The van der Waals surface area contributed by atoms with Crippen molar-refractivity contribution < 1.29 is 13.2 Å². The van der Waals surface area contributed by atoms with Gasteiger partial charge in [0.1, 0.15) is 0 Å². The minimum absolute atomic E-state index is 0.136. The van der Waals surface area contributed by atoms with Crippen LogP contribution in [0.15, 0.2) is 53.4 Å². The molecule has 2 N–H and O–H groups in total. The van der Waals surface area contributed by atoms with Crippen LogP contribution in [0.1, 0.15) is 5.56 Å². The summed E-state index contributed by atoms with van der Waals surface area (Å²) in [5.74, 6) is 0. The molecule has 1 amide bonds. The fraction of sp³-hybridized carbons (Fsp3) is 0.0714. The van der Waals surface area contributed by atoms with Crippen molar-refractivity contribution in [3.8, 4) is 0 Å². The molecule has 104 valence electrons. The van der Waals surface area contributed by atoms with Crippen molar-refractivity contribution in [1.29, 1.82) is 0 Å². The van der Waals surface area contributed by atoms with Crippen molar-refractivity contribution in [2.45, 2.75) is 11.8 Å². The number of hydrogen-bond donors (Lipinski definition) is 2. The minimum atomic E-state index is -3.63. The largest absolute Gasteiger partial charge is 0.329 e. The molecule has 20 heavy (non-hydrogen) atoms. The highest BCUT2D eigenvalue weighted by Gasteiger charge is 2.14. The van der Waals surface area contributed by atoms with Crippen LogP contribution >= 0.6 is 0 Å². The maximum atomic E-state index is 12.2. The van der Waals surface area contributed by atoms with Gasteiger partial charge in [-0.15, -0.1) is 0 Å². The first-order chi connectivity index (χ1) is 9.53. The Hall–Kier alpha value is -2.34. The van der Waals surface area contributed by atoms with Crippen molar-refractivity contribution in [1.82, 2.24) is 0 Å². The van der Waals surface area contributed by atoms with Crippen LogP contribution in [0.25, 0.3) is 0 Å². The number of anilines is 2. The fourth-order valence-corrected chi connectivity index (χ4v) is 2.82. The molecular formula is C14H14N2O3S. The normalized spacial score (nSPS) is 10.8. The highest BCUT2D eigenvalue weighted by Crippen LogP contribution is 2.20. The molecule has 0 radical (unpaired) electrons. The third-order valence-electron chi connectivity index (χ3n) is 2.78. The Morgan fingerprint density at radius 1 is 1.00 bits per heavy atom. The fourth-order valence-electron chi connectivity index (χ4n) is 1.69. The Bertz CT molecular complexity index is 709. The van der Waals surface area contributed by atoms with Crippen LogP contribution in [0.4, 0.5) is 11.4 Å². The lowest BCUT2D eigenvalue weighted by Crippen LogP contribution is -2.13. The highest BCUT2D eigenvalue weighted by molar-refractivity contribution is 7.92. The molecular weight excluding hydrogens is 276 g/mol. The zero-order valence-electron chi connectivity index (χ0n) is 10.8. The monoisotopic (exact) mass is 290 g/mol. The van der Waals surface area contributed by atoms with E-state index in [0.717, 1.165) is 5.56 Å². The Kier molecular flexibility index (Phi) is 4.05. The van der Waals surface area contributed by atoms with E-state index in [9.17, 15) is 13.2 Å². The molecule has 2 aromatic rings. The summed E-state index contributed by atoms with van der Waals surface area (Å²) < 4.78 is 27.0. The number of rotatable bonds is 5. The van der Waals surface area contributed by atoms with E-state index in [1.807, 2.05) is 19.1 Å². The van der Waals surface area contributed by atoms with Gasteiger partial charge in [0, 0.05) is 5.69 Å². The predicted octanol–water partition coefficient (Wildman–Crippen LogP) is 2.36. The number of nitrogens with one attached hydrogen (secondary N) is 2. The van der Waals surface area contributed by atoms with E-state index in [0.29, 0.717) is 17.8 Å². The summed E-state index contributed by atoms with van der Waals surface area (Å²) in [4.78, 5) is 10.4. The van der Waals surface area contributed by atoms with Crippen LogP contribution in [0.2, 0.25) is 0 Å². The first kappa shape index (κ1) is 14.1. The SMILES string of the molecule is Cc1ccccc1NS(=O)(=O)c1ccc(NC=O)cc1. The van der Waals surface area contributed by atoms with Crippen LogP contribution in [0, 0.1) is 6.92 Å². The van der Waals surface area contributed by atoms with Crippen molar-refractivity contribution in [3.05, 3.63) is 54.1 Å². The van der Waals surface area contributed by atoms with Gasteiger partial charge in [-0.3, -0.25) is 9.52 Å². The molecule has 0 fully saturated rings. The number of benzene rings is 2. The van der Waals surface area contributed by atoms with Gasteiger partial charge >= 0.3 is 0 Å². The summed E-state index contributed by atoms with van der Waals surface area (Å²) in [7, 11) is -3.63. The lowest BCUT2D eigenvalue weighted by atomic mass is 10.2. The second-order valence-corrected chi connectivity index (χ2v) is 5.89. The summed E-state index contributed by atoms with van der Waals surface area (Å²) in [6, 6.07) is 13.1. The lowest BCUT2D eigenvalue weighted by molar-refractivity contribution is -0.105. The number of hydrogen-bond acceptors (Lipinski definition) is 3. The average Bonchev–Trinajstić information content (AvgIpc) is 2.42. The zero-order chi connectivity index (χ0) is 14.6. The topological polar surface area (TPSA) is 75.3 Å². The van der Waals surface area contributed by atoms with Gasteiger partial charge in [0.2, 0.25) is 6.41 Å². The highest BCUT2D eigenvalue weighted by atomic mass is 32.2. The quantitative estimate of drug-likeness (QED) is 0.830. The summed E-state index contributed by atoms with van der Waals surface area (Å²) in [6.07, 6.45) is 0.537. The summed E-state index contributed by atoms with van der Waals surface area (Å²) in [6.45, 7) is 1.83. The maximum absolute atomic E-state index is 12.2. The van der Waals surface area contributed by atoms with Gasteiger partial charge in [-0.25, -0.2) is 8.42 Å². The summed E-state index contributed by atoms with van der Waals surface area (Å²) in [5.41, 5.74) is 1.92. The summed E-state index contributed by atoms with van der Waals surface area (Å²) >= 11 is 0. The van der Waals surface area contributed by atoms with Crippen molar-refractivity contribution in [2.24, 2.45) is 0 Å². The van der Waals surface area contributed by atoms with E-state index in [1.54, 1.807) is 12.1 Å². The molecule has 0 bridgehead atoms. The number of sulfonamides is 1. The van der Waals surface area contributed by atoms with E-state index < -0.39 is 10.0 Å². The van der Waals surface area contributed by atoms with Gasteiger partial charge in [-0.05, 0) is 42.8 Å². The van der Waals surface area contributed by atoms with Crippen molar-refractivity contribution in [2.75, 3.05) is 10.0 Å². The molecule has 0 aliphatic heterocycles. The molecule has 5 nitrogen and oxygen atoms in total. The van der Waals surface area contributed by atoms with Crippen LogP contribution in [-0.2, 0) is 14.8 Å². The minimum Gasteiger partial charge on any atom is -0.329 e. The number of aryl methyl sites for hydroxylation is 1. The molecule has 6 heteroatoms. The van der Waals surface area contributed by atoms with Crippen molar-refractivity contribution >= 4 is 27.8 Å². The van der Waals surface area contributed by atoms with Crippen LogP contribution < -0.4 is 10.0 Å². The second kappa shape index (κ2) is 5.75. The summed E-state index contributed by atoms with van der Waals surface area (Å²) in [5, 5.41) is 2.45. The third kappa shape index (κ3) is 3.16. The van der Waals surface area contributed by atoms with E-state index in [-0.39, 0.29) is 4.90 Å². The van der Waals surface area contributed by atoms with E-state index in [4.69, 9.17) is 0 Å². The Balaban J connectivity index is 2.26. The van der Waals surface area contributed by atoms with E-state index >= 15 is 0 Å². The number of carbonyl (C=O) groups excluding carboxylic acids is 1. The molecule has 0 unspecified atom stereocenters. The molecule has 2 rings (SSSR count). The number of carbonyl (C=O) groups is 1. The molecule has 0 saturated heterocycles. The Morgan fingerprint density at radius 2 is 1.65 bits per heavy atom. The van der Waals surface area contributed by atoms with E-state index in [1.165, 1.54) is 24.3 Å². The average molecular weight is 290 g/mol. The Labute approximate surface area is 117 Å². The van der Waals surface area contributed by atoms with Crippen LogP contribution in [-0.4, -0.2) is 14.8 Å². The number of para-hydroxylation sites is 1. The Morgan fingerprint density at radius 3 is 2.25 bits per heavy atom. The predicted molar refractivity (Wildman–Crippen MR) is 78.1 cm³/mol. The third-order valence-corrected chi connectivity index (χ3v) is 4.16. The first-order valence-corrected chi connectivity index (χ1v) is 7.40. The molecule has 0 saturated carbocycles. The van der Waals surface area contributed by atoms with Gasteiger partial charge < -0.3 is 5.32 Å². The smallest absolute Gasteiger partial charge is 0.261 e. The van der Waals surface area contributed by atoms with Crippen molar-refractivity contribution in [3.63, 3.8) is 0 Å². The van der Waals surface area contributed by atoms with Gasteiger partial charge in [0.25, 0.3) is 10.0 Å². The molecule has 0 aliphatic rings. The van der Waals surface area contributed by atoms with Gasteiger partial charge in [0.05, 0.1) is 10.6 Å². The molecule has 0 heterocycles. The van der Waals surface area contributed by atoms with Crippen LogP contribution in [0.5, 0.6) is 0 Å². The zero-order valence-corrected chi connectivity index (χ0v) is 11.6. The standard InChI is InChI=1S/C14H14N2O3S/c1-11-4-2-3-5-14(11)16-20(18,19)13-8-6-12(7-9-13)15-10-17/h2-10,16H,1H3,(H,15,17). The molecule has 0 spiro atoms. The van der Waals surface area contributed by atoms with Crippen LogP contribution in [0.3, 0.4) is 0 Å². The van der Waals surface area contributed by atoms with Gasteiger partial charge in [-0.1, -0.05) is 18.2 Å². The first-order valence-electron chi connectivity index (χ1n) is 5.91. The lowest BCUT2D eigenvalue weighted by Gasteiger charge is -2.10. The molecule has 2 aromatic carbocycles. The van der Waals surface area contributed by atoms with Gasteiger partial charge in [0.15, 0.2) is 0 Å². The number of amides is 1. The van der Waals surface area contributed by atoms with E-state index in [2.05, 4.69) is 10.0 Å². The molecule has 0 aliphatic carbocycles. The molecule has 0 atom stereocenters. The second-order valence-electron chi connectivity index (χ2n) is 4.21.